The van der Waals surface area contributed by atoms with Crippen molar-refractivity contribution >= 4 is 27.3 Å². The van der Waals surface area contributed by atoms with Crippen molar-refractivity contribution in [3.63, 3.8) is 0 Å². The number of halogens is 1. The van der Waals surface area contributed by atoms with Crippen LogP contribution in [0.2, 0.25) is 5.02 Å². The zero-order valence-electron chi connectivity index (χ0n) is 6.74. The Kier molecular flexibility index (Phi) is 2.68. The van der Waals surface area contributed by atoms with Crippen LogP contribution in [0.3, 0.4) is 0 Å². The molecule has 0 heterocycles. The van der Waals surface area contributed by atoms with Gasteiger partial charge >= 0.3 is 0 Å². The highest BCUT2D eigenvalue weighted by Crippen LogP contribution is 2.32. The fraction of sp³-hybridized carbons (Fsp3) is 0.143. The summed E-state index contributed by atoms with van der Waals surface area (Å²) in [6.45, 7) is 0. The molecule has 4 nitrogen and oxygen atoms in total. The highest BCUT2D eigenvalue weighted by Gasteiger charge is 2.10. The van der Waals surface area contributed by atoms with Crippen LogP contribution in [-0.2, 0) is 15.1 Å². The lowest BCUT2D eigenvalue weighted by atomic mass is 10.3. The van der Waals surface area contributed by atoms with Gasteiger partial charge in [0.15, 0.2) is 0 Å². The number of rotatable bonds is 2. The highest BCUT2D eigenvalue weighted by atomic mass is 35.5. The van der Waals surface area contributed by atoms with Gasteiger partial charge < -0.3 is 0 Å². The van der Waals surface area contributed by atoms with Crippen molar-refractivity contribution in [1.29, 1.82) is 0 Å². The summed E-state index contributed by atoms with van der Waals surface area (Å²) >= 11 is 5.50. The largest absolute Gasteiger partial charge is 0.286 e. The number of para-hydroxylation sites is 1. The molecule has 1 N–H and O–H groups in total. The van der Waals surface area contributed by atoms with Gasteiger partial charge in [-0.3, -0.25) is 9.83 Å². The fourth-order valence-electron chi connectivity index (χ4n) is 0.789. The van der Waals surface area contributed by atoms with E-state index in [1.165, 1.54) is 18.2 Å². The van der Waals surface area contributed by atoms with Crippen LogP contribution < -0.4 is 4.72 Å². The Bertz CT molecular complexity index is 416. The van der Waals surface area contributed by atoms with Gasteiger partial charge in [0, 0.05) is 0 Å². The first-order valence-corrected chi connectivity index (χ1v) is 5.60. The van der Waals surface area contributed by atoms with Gasteiger partial charge in [0.25, 0.3) is 0 Å². The second-order valence-electron chi connectivity index (χ2n) is 2.49. The van der Waals surface area contributed by atoms with E-state index in [1.54, 1.807) is 0 Å². The van der Waals surface area contributed by atoms with Gasteiger partial charge in [-0.25, -0.2) is 8.42 Å². The Balaban J connectivity index is 3.10. The molecule has 0 saturated heterocycles. The minimum absolute atomic E-state index is 0.00588. The molecule has 1 aromatic carbocycles. The van der Waals surface area contributed by atoms with Crippen molar-refractivity contribution < 1.29 is 13.5 Å². The van der Waals surface area contributed by atoms with E-state index in [0.717, 1.165) is 6.26 Å². The van der Waals surface area contributed by atoms with Crippen LogP contribution in [-0.4, -0.2) is 14.7 Å². The maximum absolute atomic E-state index is 11.2. The fourth-order valence-corrected chi connectivity index (χ4v) is 1.52. The summed E-state index contributed by atoms with van der Waals surface area (Å²) in [5, 5.41) is 11.2. The lowest BCUT2D eigenvalue weighted by molar-refractivity contribution is 0.357. The Morgan fingerprint density at radius 1 is 1.38 bits per heavy atom. The van der Waals surface area contributed by atoms with Gasteiger partial charge in [-0.2, -0.15) is 0 Å². The van der Waals surface area contributed by atoms with Crippen LogP contribution in [0.15, 0.2) is 18.2 Å². The zero-order valence-corrected chi connectivity index (χ0v) is 8.32. The van der Waals surface area contributed by atoms with Crippen LogP contribution in [0, 0.1) is 0 Å². The first-order chi connectivity index (χ1) is 5.90. The predicted octanol–water partition coefficient (Wildman–Crippen LogP) is 1.86. The smallest absolute Gasteiger partial charge is 0.229 e. The zero-order chi connectivity index (χ0) is 10.1. The van der Waals surface area contributed by atoms with Crippen LogP contribution >= 0.6 is 11.6 Å². The van der Waals surface area contributed by atoms with Crippen molar-refractivity contribution in [1.82, 2.24) is 0 Å². The van der Waals surface area contributed by atoms with Crippen LogP contribution in [0.4, 0.5) is 5.69 Å². The van der Waals surface area contributed by atoms with Crippen LogP contribution in [0.5, 0.6) is 5.75 Å². The van der Waals surface area contributed by atoms with E-state index in [2.05, 4.69) is 4.72 Å². The molecule has 0 unspecified atom stereocenters. The van der Waals surface area contributed by atoms with E-state index < -0.39 is 15.8 Å². The average Bonchev–Trinajstić information content (AvgIpc) is 1.96. The minimum atomic E-state index is -3.43. The molecule has 6 heteroatoms. The van der Waals surface area contributed by atoms with Gasteiger partial charge in [-0.15, -0.1) is 0 Å². The van der Waals surface area contributed by atoms with Crippen molar-refractivity contribution in [3.05, 3.63) is 23.2 Å². The molecule has 0 aromatic heterocycles. The van der Waals surface area contributed by atoms with E-state index in [9.17, 15) is 13.5 Å². The molecule has 13 heavy (non-hydrogen) atoms. The van der Waals surface area contributed by atoms with Crippen molar-refractivity contribution in [2.75, 3.05) is 11.0 Å². The van der Waals surface area contributed by atoms with E-state index in [4.69, 9.17) is 11.6 Å². The van der Waals surface area contributed by atoms with Crippen molar-refractivity contribution in [2.45, 2.75) is 0 Å². The SMILES string of the molecule is CS(=O)(=O)Nc1cccc(Cl)c1[O]. The van der Waals surface area contributed by atoms with Crippen LogP contribution in [0.25, 0.3) is 0 Å². The monoisotopic (exact) mass is 220 g/mol. The molecule has 1 rings (SSSR count). The number of hydrogen-bond acceptors (Lipinski definition) is 2. The van der Waals surface area contributed by atoms with Gasteiger partial charge in [0.2, 0.25) is 15.8 Å². The van der Waals surface area contributed by atoms with Gasteiger partial charge in [0.1, 0.15) is 0 Å². The molecular formula is C7H7ClNO3S. The first-order valence-electron chi connectivity index (χ1n) is 3.33. The number of sulfonamides is 1. The standard InChI is InChI=1S/C7H7ClNO3S/c1-13(11,12)9-6-4-2-3-5(8)7(6)10/h2-4,9H,1H3. The summed E-state index contributed by atoms with van der Waals surface area (Å²) in [6, 6.07) is 4.25. The van der Waals surface area contributed by atoms with E-state index in [-0.39, 0.29) is 10.7 Å². The number of hydrogen-bond donors (Lipinski definition) is 1. The number of anilines is 1. The number of benzene rings is 1. The molecule has 71 valence electrons. The molecule has 0 atom stereocenters. The average molecular weight is 221 g/mol. The minimum Gasteiger partial charge on any atom is -0.286 e. The van der Waals surface area contributed by atoms with E-state index in [0.29, 0.717) is 0 Å². The molecule has 0 bridgehead atoms. The van der Waals surface area contributed by atoms with E-state index >= 15 is 0 Å². The molecule has 0 aliphatic carbocycles. The quantitative estimate of drug-likeness (QED) is 0.827. The summed E-state index contributed by atoms with van der Waals surface area (Å²) in [6.07, 6.45) is 0.966. The van der Waals surface area contributed by atoms with Crippen molar-refractivity contribution in [2.24, 2.45) is 0 Å². The molecule has 1 aromatic rings. The first kappa shape index (κ1) is 10.1. The van der Waals surface area contributed by atoms with Crippen LogP contribution in [0.1, 0.15) is 0 Å². The Labute approximate surface area is 81.2 Å². The maximum atomic E-state index is 11.2. The Morgan fingerprint density at radius 3 is 2.54 bits per heavy atom. The number of nitrogens with one attached hydrogen (secondary N) is 1. The Hall–Kier alpha value is -0.940. The lowest BCUT2D eigenvalue weighted by Crippen LogP contribution is -2.09. The lowest BCUT2D eigenvalue weighted by Gasteiger charge is -2.04. The van der Waals surface area contributed by atoms with E-state index in [1.807, 2.05) is 0 Å². The summed E-state index contributed by atoms with van der Waals surface area (Å²) in [7, 11) is -3.43. The summed E-state index contributed by atoms with van der Waals surface area (Å²) < 4.78 is 23.6. The third kappa shape index (κ3) is 2.78. The van der Waals surface area contributed by atoms with Crippen molar-refractivity contribution in [3.8, 4) is 5.75 Å². The predicted molar refractivity (Wildman–Crippen MR) is 50.1 cm³/mol. The third-order valence-electron chi connectivity index (χ3n) is 1.26. The van der Waals surface area contributed by atoms with Gasteiger partial charge in [0.05, 0.1) is 17.0 Å². The molecule has 1 radical (unpaired) electrons. The summed E-state index contributed by atoms with van der Waals surface area (Å²) in [4.78, 5) is 0. The molecular weight excluding hydrogens is 214 g/mol. The molecule has 0 fully saturated rings. The maximum Gasteiger partial charge on any atom is 0.229 e. The molecule has 0 amide bonds. The summed E-state index contributed by atoms with van der Waals surface area (Å²) in [5.74, 6) is -0.519. The second kappa shape index (κ2) is 3.43. The normalized spacial score (nSPS) is 11.2. The highest BCUT2D eigenvalue weighted by molar-refractivity contribution is 7.92. The van der Waals surface area contributed by atoms with Gasteiger partial charge in [-0.1, -0.05) is 17.7 Å². The molecule has 0 saturated carbocycles. The third-order valence-corrected chi connectivity index (χ3v) is 2.15. The summed E-state index contributed by atoms with van der Waals surface area (Å²) in [5.41, 5.74) is -0.0324. The molecule has 0 spiro atoms. The topological polar surface area (TPSA) is 66.1 Å². The molecule has 0 aliphatic rings. The van der Waals surface area contributed by atoms with Gasteiger partial charge in [-0.05, 0) is 12.1 Å². The Morgan fingerprint density at radius 2 is 2.00 bits per heavy atom. The second-order valence-corrected chi connectivity index (χ2v) is 4.65. The molecule has 0 aliphatic heterocycles.